The lowest BCUT2D eigenvalue weighted by Gasteiger charge is -2.25. The summed E-state index contributed by atoms with van der Waals surface area (Å²) in [5.74, 6) is -0.833. The maximum absolute atomic E-state index is 13.0. The molecule has 0 heterocycles. The molecule has 0 amide bonds. The molecule has 0 saturated heterocycles. The second-order valence-corrected chi connectivity index (χ2v) is 9.50. The van der Waals surface area contributed by atoms with Gasteiger partial charge < -0.3 is 4.74 Å². The summed E-state index contributed by atoms with van der Waals surface area (Å²) in [5.41, 5.74) is 2.57. The van der Waals surface area contributed by atoms with Gasteiger partial charge in [-0.15, -0.1) is 0 Å². The molecule has 0 fully saturated rings. The first-order valence-corrected chi connectivity index (χ1v) is 10.3. The molecular formula is C23H26BrF3O2. The lowest BCUT2D eigenvalue weighted by atomic mass is 9.85. The second kappa shape index (κ2) is 8.90. The fraction of sp³-hybridized carbons (Fsp3) is 0.435. The number of halogens is 4. The topological polar surface area (TPSA) is 26.3 Å². The molecule has 0 N–H and O–H groups in total. The Bertz CT molecular complexity index is 852. The Balaban J connectivity index is 2.56. The van der Waals surface area contributed by atoms with Crippen LogP contribution in [0, 0.1) is 5.41 Å². The fourth-order valence-electron chi connectivity index (χ4n) is 3.17. The van der Waals surface area contributed by atoms with Crippen molar-refractivity contribution in [3.63, 3.8) is 0 Å². The van der Waals surface area contributed by atoms with Crippen LogP contribution in [-0.2, 0) is 15.7 Å². The highest BCUT2D eigenvalue weighted by molar-refractivity contribution is 9.09. The number of hydrogen-bond donors (Lipinski definition) is 0. The lowest BCUT2D eigenvalue weighted by Crippen LogP contribution is -2.12. The lowest BCUT2D eigenvalue weighted by molar-refractivity contribution is -0.142. The van der Waals surface area contributed by atoms with Crippen molar-refractivity contribution < 1.29 is 22.7 Å². The fourth-order valence-corrected chi connectivity index (χ4v) is 4.54. The summed E-state index contributed by atoms with van der Waals surface area (Å²) in [4.78, 5) is 12.0. The Kier molecular flexibility index (Phi) is 7.20. The van der Waals surface area contributed by atoms with Crippen LogP contribution in [0.3, 0.4) is 0 Å². The molecule has 0 aliphatic rings. The number of hydrogen-bond acceptors (Lipinski definition) is 2. The molecule has 0 unspecified atom stereocenters. The molecular weight excluding hydrogens is 445 g/mol. The van der Waals surface area contributed by atoms with Crippen molar-refractivity contribution in [2.45, 2.75) is 51.0 Å². The van der Waals surface area contributed by atoms with E-state index in [4.69, 9.17) is 4.74 Å². The normalized spacial score (nSPS) is 14.4. The number of carbonyl (C=O) groups excluding carboxylic acids is 1. The van der Waals surface area contributed by atoms with E-state index in [0.717, 1.165) is 35.2 Å². The average molecular weight is 471 g/mol. The zero-order valence-corrected chi connectivity index (χ0v) is 18.8. The van der Waals surface area contributed by atoms with Crippen LogP contribution in [-0.4, -0.2) is 13.1 Å². The van der Waals surface area contributed by atoms with Crippen LogP contribution in [0.5, 0.6) is 0 Å². The molecule has 0 aromatic heterocycles. The largest absolute Gasteiger partial charge is 0.469 e. The van der Waals surface area contributed by atoms with E-state index in [0.29, 0.717) is 5.56 Å². The van der Waals surface area contributed by atoms with Crippen LogP contribution in [0.4, 0.5) is 13.2 Å². The third-order valence-corrected chi connectivity index (χ3v) is 5.60. The summed E-state index contributed by atoms with van der Waals surface area (Å²) >= 11 is 3.75. The number of methoxy groups -OCH3 is 1. The Morgan fingerprint density at radius 2 is 1.66 bits per heavy atom. The minimum atomic E-state index is -4.38. The zero-order chi connectivity index (χ0) is 22.0. The van der Waals surface area contributed by atoms with E-state index in [2.05, 4.69) is 36.7 Å². The van der Waals surface area contributed by atoms with E-state index in [1.165, 1.54) is 19.2 Å². The van der Waals surface area contributed by atoms with Crippen LogP contribution in [0.15, 0.2) is 42.5 Å². The first kappa shape index (κ1) is 23.5. The quantitative estimate of drug-likeness (QED) is 0.333. The van der Waals surface area contributed by atoms with Gasteiger partial charge in [0.1, 0.15) is 0 Å². The van der Waals surface area contributed by atoms with Gasteiger partial charge in [-0.25, -0.2) is 0 Å². The van der Waals surface area contributed by atoms with Crippen molar-refractivity contribution in [3.8, 4) is 11.1 Å². The number of esters is 1. The minimum absolute atomic E-state index is 0.0160. The Hall–Kier alpha value is -1.82. The van der Waals surface area contributed by atoms with E-state index < -0.39 is 17.7 Å². The van der Waals surface area contributed by atoms with E-state index in [9.17, 15) is 18.0 Å². The second-order valence-electron chi connectivity index (χ2n) is 8.40. The molecule has 2 nitrogen and oxygen atoms in total. The molecule has 0 saturated carbocycles. The summed E-state index contributed by atoms with van der Waals surface area (Å²) in [6.45, 7) is 8.14. The maximum Gasteiger partial charge on any atom is 0.416 e. The number of carbonyl (C=O) groups is 1. The number of alkyl halides is 4. The van der Waals surface area contributed by atoms with Crippen LogP contribution >= 0.6 is 15.9 Å². The SMILES string of the molecule is COC(=O)[C@@H](C)c1ccc([C@H](Br)CC(C)(C)C)c(-c2ccc(C(F)(F)F)cc2)c1. The number of benzene rings is 2. The molecule has 0 radical (unpaired) electrons. The summed E-state index contributed by atoms with van der Waals surface area (Å²) < 4.78 is 43.7. The zero-order valence-electron chi connectivity index (χ0n) is 17.2. The van der Waals surface area contributed by atoms with E-state index >= 15 is 0 Å². The summed E-state index contributed by atoms with van der Waals surface area (Å²) in [6.07, 6.45) is -3.54. The average Bonchev–Trinajstić information content (AvgIpc) is 2.64. The van der Waals surface area contributed by atoms with Gasteiger partial charge in [0.25, 0.3) is 0 Å². The molecule has 0 aliphatic heterocycles. The van der Waals surface area contributed by atoms with Crippen molar-refractivity contribution in [1.82, 2.24) is 0 Å². The molecule has 2 aromatic rings. The van der Waals surface area contributed by atoms with Crippen molar-refractivity contribution in [2.24, 2.45) is 5.41 Å². The molecule has 0 spiro atoms. The standard InChI is InChI=1S/C23H26BrF3O2/c1-14(21(28)29-5)16-8-11-18(20(24)13-22(2,3)4)19(12-16)15-6-9-17(10-7-15)23(25,26)27/h6-12,14,20H,13H2,1-5H3/t14-,20+/m0/s1. The highest BCUT2D eigenvalue weighted by atomic mass is 79.9. The first-order valence-electron chi connectivity index (χ1n) is 9.37. The van der Waals surface area contributed by atoms with Gasteiger partial charge in [0, 0.05) is 4.83 Å². The third kappa shape index (κ3) is 6.08. The van der Waals surface area contributed by atoms with Crippen LogP contribution in [0.1, 0.15) is 61.6 Å². The first-order chi connectivity index (χ1) is 13.3. The molecule has 0 bridgehead atoms. The van der Waals surface area contributed by atoms with E-state index in [-0.39, 0.29) is 16.2 Å². The molecule has 158 valence electrons. The van der Waals surface area contributed by atoms with Gasteiger partial charge in [-0.2, -0.15) is 13.2 Å². The van der Waals surface area contributed by atoms with E-state index in [1.807, 2.05) is 18.2 Å². The minimum Gasteiger partial charge on any atom is -0.469 e. The van der Waals surface area contributed by atoms with E-state index in [1.54, 1.807) is 6.92 Å². The van der Waals surface area contributed by atoms with Crippen molar-refractivity contribution in [3.05, 3.63) is 59.2 Å². The number of rotatable bonds is 5. The smallest absolute Gasteiger partial charge is 0.416 e. The Morgan fingerprint density at radius 3 is 2.14 bits per heavy atom. The molecule has 2 rings (SSSR count). The van der Waals surface area contributed by atoms with Gasteiger partial charge in [0.15, 0.2) is 0 Å². The predicted molar refractivity (Wildman–Crippen MR) is 113 cm³/mol. The highest BCUT2D eigenvalue weighted by Gasteiger charge is 2.30. The highest BCUT2D eigenvalue weighted by Crippen LogP contribution is 2.41. The molecule has 2 aromatic carbocycles. The van der Waals surface area contributed by atoms with Gasteiger partial charge >= 0.3 is 12.1 Å². The molecule has 0 aliphatic carbocycles. The van der Waals surface area contributed by atoms with Gasteiger partial charge in [0.2, 0.25) is 0 Å². The Morgan fingerprint density at radius 1 is 1.07 bits per heavy atom. The van der Waals surface area contributed by atoms with Gasteiger partial charge in [-0.3, -0.25) is 4.79 Å². The van der Waals surface area contributed by atoms with Gasteiger partial charge in [0.05, 0.1) is 18.6 Å². The van der Waals surface area contributed by atoms with Crippen molar-refractivity contribution >= 4 is 21.9 Å². The van der Waals surface area contributed by atoms with Gasteiger partial charge in [-0.05, 0) is 59.2 Å². The monoisotopic (exact) mass is 470 g/mol. The summed E-state index contributed by atoms with van der Waals surface area (Å²) in [6, 6.07) is 10.8. The van der Waals surface area contributed by atoms with Crippen molar-refractivity contribution in [1.29, 1.82) is 0 Å². The van der Waals surface area contributed by atoms with Crippen LogP contribution < -0.4 is 0 Å². The summed E-state index contributed by atoms with van der Waals surface area (Å²) in [7, 11) is 1.34. The number of ether oxygens (including phenoxy) is 1. The maximum atomic E-state index is 13.0. The van der Waals surface area contributed by atoms with Gasteiger partial charge in [-0.1, -0.05) is 61.0 Å². The molecule has 6 heteroatoms. The van der Waals surface area contributed by atoms with Crippen LogP contribution in [0.2, 0.25) is 0 Å². The summed E-state index contributed by atoms with van der Waals surface area (Å²) in [5, 5.41) is 0. The Labute approximate surface area is 178 Å². The molecule has 2 atom stereocenters. The van der Waals surface area contributed by atoms with Crippen LogP contribution in [0.25, 0.3) is 11.1 Å². The molecule has 29 heavy (non-hydrogen) atoms. The predicted octanol–water partition coefficient (Wildman–Crippen LogP) is 7.52. The third-order valence-electron chi connectivity index (χ3n) is 4.78. The van der Waals surface area contributed by atoms with Crippen molar-refractivity contribution in [2.75, 3.05) is 7.11 Å².